The second kappa shape index (κ2) is 10.2. The van der Waals surface area contributed by atoms with Gasteiger partial charge in [0.1, 0.15) is 5.82 Å². The number of hydrogen-bond acceptors (Lipinski definition) is 7. The maximum atomic E-state index is 13.5. The second-order valence-electron chi connectivity index (χ2n) is 7.73. The smallest absolute Gasteiger partial charge is 0.236 e. The Morgan fingerprint density at radius 1 is 1.11 bits per heavy atom. The Bertz CT molecular complexity index is 1430. The molecule has 7 nitrogen and oxygen atoms in total. The predicted molar refractivity (Wildman–Crippen MR) is 134 cm³/mol. The standard InChI is InChI=1S/C25H20FN5O2S2/c1-16-4-6-17(7-5-16)13-20-14-27-24(35-20)28-22(32)15-34-25-30-29-23(21-3-2-12-33-21)31(25)19-10-8-18(26)9-11-19/h2-12,14H,13,15H2,1H3,(H,27,28,32). The van der Waals surface area contributed by atoms with Gasteiger partial charge in [-0.3, -0.25) is 9.36 Å². The number of carbonyl (C=O) groups is 1. The van der Waals surface area contributed by atoms with Crippen LogP contribution < -0.4 is 5.32 Å². The Kier molecular flexibility index (Phi) is 6.73. The lowest BCUT2D eigenvalue weighted by atomic mass is 10.1. The minimum absolute atomic E-state index is 0.102. The van der Waals surface area contributed by atoms with Crippen molar-refractivity contribution in [3.8, 4) is 17.3 Å². The summed E-state index contributed by atoms with van der Waals surface area (Å²) >= 11 is 2.67. The highest BCUT2D eigenvalue weighted by Crippen LogP contribution is 2.29. The van der Waals surface area contributed by atoms with Gasteiger partial charge in [0.15, 0.2) is 16.0 Å². The van der Waals surface area contributed by atoms with Crippen molar-refractivity contribution in [1.29, 1.82) is 0 Å². The normalized spacial score (nSPS) is 11.0. The molecule has 0 unspecified atom stereocenters. The zero-order valence-electron chi connectivity index (χ0n) is 18.6. The van der Waals surface area contributed by atoms with Crippen LogP contribution in [0.4, 0.5) is 9.52 Å². The van der Waals surface area contributed by atoms with Crippen LogP contribution in [-0.4, -0.2) is 31.4 Å². The first-order valence-electron chi connectivity index (χ1n) is 10.7. The number of carbonyl (C=O) groups excluding carboxylic acids is 1. The third kappa shape index (κ3) is 5.50. The Morgan fingerprint density at radius 3 is 2.66 bits per heavy atom. The van der Waals surface area contributed by atoms with Gasteiger partial charge < -0.3 is 9.73 Å². The van der Waals surface area contributed by atoms with Crippen LogP contribution in [0.25, 0.3) is 17.3 Å². The number of amides is 1. The number of furan rings is 1. The van der Waals surface area contributed by atoms with Crippen LogP contribution in [0.3, 0.4) is 0 Å². The highest BCUT2D eigenvalue weighted by molar-refractivity contribution is 7.99. The molecule has 0 atom stereocenters. The average Bonchev–Trinajstić information content (AvgIpc) is 3.61. The third-order valence-corrected chi connectivity index (χ3v) is 6.93. The zero-order valence-corrected chi connectivity index (χ0v) is 20.3. The molecule has 0 fully saturated rings. The number of nitrogens with zero attached hydrogens (tertiary/aromatic N) is 4. The molecule has 0 aliphatic carbocycles. The number of aryl methyl sites for hydroxylation is 1. The Morgan fingerprint density at radius 2 is 1.91 bits per heavy atom. The van der Waals surface area contributed by atoms with Crippen LogP contribution in [0.1, 0.15) is 16.0 Å². The molecule has 1 amide bonds. The van der Waals surface area contributed by atoms with E-state index in [2.05, 4.69) is 51.7 Å². The van der Waals surface area contributed by atoms with Crippen molar-refractivity contribution in [3.05, 3.63) is 94.9 Å². The average molecular weight is 506 g/mol. The third-order valence-electron chi connectivity index (χ3n) is 5.09. The van der Waals surface area contributed by atoms with Gasteiger partial charge in [-0.05, 0) is 48.9 Å². The monoisotopic (exact) mass is 505 g/mol. The van der Waals surface area contributed by atoms with E-state index in [1.807, 2.05) is 0 Å². The lowest BCUT2D eigenvalue weighted by Crippen LogP contribution is -2.14. The summed E-state index contributed by atoms with van der Waals surface area (Å²) in [7, 11) is 0. The van der Waals surface area contributed by atoms with E-state index < -0.39 is 0 Å². The Balaban J connectivity index is 1.27. The van der Waals surface area contributed by atoms with Crippen LogP contribution in [-0.2, 0) is 11.2 Å². The molecule has 0 spiro atoms. The van der Waals surface area contributed by atoms with Crippen LogP contribution in [0, 0.1) is 12.7 Å². The molecule has 2 aromatic carbocycles. The van der Waals surface area contributed by atoms with Crippen LogP contribution >= 0.6 is 23.1 Å². The number of benzene rings is 2. The first-order valence-corrected chi connectivity index (χ1v) is 12.5. The van der Waals surface area contributed by atoms with E-state index in [1.54, 1.807) is 41.3 Å². The van der Waals surface area contributed by atoms with Crippen molar-refractivity contribution in [2.75, 3.05) is 11.1 Å². The van der Waals surface area contributed by atoms with E-state index in [9.17, 15) is 9.18 Å². The minimum atomic E-state index is -0.347. The number of hydrogen-bond donors (Lipinski definition) is 1. The number of anilines is 1. The maximum Gasteiger partial charge on any atom is 0.236 e. The fourth-order valence-corrected chi connectivity index (χ4v) is 5.01. The van der Waals surface area contributed by atoms with Gasteiger partial charge in [0.25, 0.3) is 0 Å². The predicted octanol–water partition coefficient (Wildman–Crippen LogP) is 5.75. The molecule has 0 saturated heterocycles. The molecule has 35 heavy (non-hydrogen) atoms. The van der Waals surface area contributed by atoms with E-state index in [1.165, 1.54) is 46.4 Å². The molecule has 1 N–H and O–H groups in total. The van der Waals surface area contributed by atoms with Gasteiger partial charge in [-0.25, -0.2) is 9.37 Å². The van der Waals surface area contributed by atoms with Gasteiger partial charge in [0.2, 0.25) is 11.7 Å². The van der Waals surface area contributed by atoms with E-state index in [0.717, 1.165) is 11.3 Å². The van der Waals surface area contributed by atoms with Gasteiger partial charge in [-0.1, -0.05) is 41.6 Å². The molecule has 3 heterocycles. The quantitative estimate of drug-likeness (QED) is 0.270. The highest BCUT2D eigenvalue weighted by Gasteiger charge is 2.19. The first kappa shape index (κ1) is 23.0. The fourth-order valence-electron chi connectivity index (χ4n) is 3.39. The largest absolute Gasteiger partial charge is 0.461 e. The summed E-state index contributed by atoms with van der Waals surface area (Å²) in [6.07, 6.45) is 4.09. The van der Waals surface area contributed by atoms with Gasteiger partial charge in [0, 0.05) is 17.5 Å². The molecule has 0 saturated carbocycles. The number of aromatic nitrogens is 4. The lowest BCUT2D eigenvalue weighted by molar-refractivity contribution is -0.113. The zero-order chi connectivity index (χ0) is 24.2. The molecular weight excluding hydrogens is 485 g/mol. The van der Waals surface area contributed by atoms with E-state index >= 15 is 0 Å². The van der Waals surface area contributed by atoms with Gasteiger partial charge in [-0.15, -0.1) is 21.5 Å². The fraction of sp³-hybridized carbons (Fsp3) is 0.120. The summed E-state index contributed by atoms with van der Waals surface area (Å²) < 4.78 is 20.7. The minimum Gasteiger partial charge on any atom is -0.461 e. The summed E-state index contributed by atoms with van der Waals surface area (Å²) in [4.78, 5) is 18.0. The summed E-state index contributed by atoms with van der Waals surface area (Å²) in [5, 5.41) is 12.4. The van der Waals surface area contributed by atoms with Crippen LogP contribution in [0.2, 0.25) is 0 Å². The van der Waals surface area contributed by atoms with Gasteiger partial charge >= 0.3 is 0 Å². The van der Waals surface area contributed by atoms with Crippen molar-refractivity contribution >= 4 is 34.1 Å². The Hall–Kier alpha value is -3.76. The summed E-state index contributed by atoms with van der Waals surface area (Å²) in [6, 6.07) is 17.8. The van der Waals surface area contributed by atoms with E-state index in [-0.39, 0.29) is 17.5 Å². The van der Waals surface area contributed by atoms with Crippen molar-refractivity contribution < 1.29 is 13.6 Å². The first-order chi connectivity index (χ1) is 17.0. The molecule has 5 rings (SSSR count). The summed E-state index contributed by atoms with van der Waals surface area (Å²) in [6.45, 7) is 2.06. The highest BCUT2D eigenvalue weighted by atomic mass is 32.2. The topological polar surface area (TPSA) is 85.8 Å². The molecule has 5 aromatic rings. The van der Waals surface area contributed by atoms with Gasteiger partial charge in [0.05, 0.1) is 17.7 Å². The Labute approximate surface area is 209 Å². The van der Waals surface area contributed by atoms with Crippen molar-refractivity contribution in [1.82, 2.24) is 19.7 Å². The number of rotatable bonds is 8. The molecule has 10 heteroatoms. The second-order valence-corrected chi connectivity index (χ2v) is 9.78. The molecule has 3 aromatic heterocycles. The number of nitrogens with one attached hydrogen (secondary N) is 1. The summed E-state index contributed by atoms with van der Waals surface area (Å²) in [5.41, 5.74) is 3.07. The summed E-state index contributed by atoms with van der Waals surface area (Å²) in [5.74, 6) is 0.525. The van der Waals surface area contributed by atoms with Crippen LogP contribution in [0.5, 0.6) is 0 Å². The van der Waals surface area contributed by atoms with Crippen molar-refractivity contribution in [3.63, 3.8) is 0 Å². The van der Waals surface area contributed by atoms with E-state index in [0.29, 0.717) is 27.6 Å². The van der Waals surface area contributed by atoms with Crippen molar-refractivity contribution in [2.45, 2.75) is 18.5 Å². The molecule has 0 aliphatic heterocycles. The van der Waals surface area contributed by atoms with Crippen LogP contribution in [0.15, 0.2) is 82.7 Å². The SMILES string of the molecule is Cc1ccc(Cc2cnc(NC(=O)CSc3nnc(-c4ccco4)n3-c3ccc(F)cc3)s2)cc1. The lowest BCUT2D eigenvalue weighted by Gasteiger charge is -2.09. The number of thiazole rings is 1. The number of thioether (sulfide) groups is 1. The molecule has 0 aliphatic rings. The molecule has 176 valence electrons. The van der Waals surface area contributed by atoms with Gasteiger partial charge in [-0.2, -0.15) is 0 Å². The number of halogens is 1. The molecule has 0 bridgehead atoms. The maximum absolute atomic E-state index is 13.5. The molecular formula is C25H20FN5O2S2. The van der Waals surface area contributed by atoms with E-state index in [4.69, 9.17) is 4.42 Å². The van der Waals surface area contributed by atoms with Crippen molar-refractivity contribution in [2.24, 2.45) is 0 Å². The molecule has 0 radical (unpaired) electrons.